The van der Waals surface area contributed by atoms with Crippen LogP contribution in [0.3, 0.4) is 0 Å². The largest absolute Gasteiger partial charge is 0.336 e. The van der Waals surface area contributed by atoms with Gasteiger partial charge in [0.2, 0.25) is 0 Å². The van der Waals surface area contributed by atoms with Gasteiger partial charge < -0.3 is 4.90 Å². The topological polar surface area (TPSA) is 23.6 Å². The van der Waals surface area contributed by atoms with E-state index in [1.54, 1.807) is 0 Å². The molecule has 1 fully saturated rings. The van der Waals surface area contributed by atoms with Gasteiger partial charge in [-0.1, -0.05) is 27.5 Å². The highest BCUT2D eigenvalue weighted by atomic mass is 79.9. The molecule has 0 radical (unpaired) electrons. The highest BCUT2D eigenvalue weighted by Crippen LogP contribution is 2.21. The molecule has 1 aromatic rings. The van der Waals surface area contributed by atoms with Crippen molar-refractivity contribution >= 4 is 33.4 Å². The first-order chi connectivity index (χ1) is 9.52. The number of piperazine rings is 1. The lowest BCUT2D eigenvalue weighted by atomic mass is 10.1. The lowest BCUT2D eigenvalue weighted by molar-refractivity contribution is 0.0640. The quantitative estimate of drug-likeness (QED) is 0.606. The number of amides is 1. The number of carbonyl (C=O) groups excluding carboxylic acids is 1. The van der Waals surface area contributed by atoms with Gasteiger partial charge in [0.15, 0.2) is 0 Å². The predicted octanol–water partition coefficient (Wildman–Crippen LogP) is 2.77. The van der Waals surface area contributed by atoms with Crippen LogP contribution in [-0.2, 0) is 0 Å². The van der Waals surface area contributed by atoms with Crippen LogP contribution in [0.5, 0.6) is 0 Å². The van der Waals surface area contributed by atoms with Crippen LogP contribution in [0.4, 0.5) is 8.78 Å². The van der Waals surface area contributed by atoms with Crippen molar-refractivity contribution in [1.82, 2.24) is 9.80 Å². The molecule has 0 aromatic heterocycles. The Morgan fingerprint density at radius 2 is 1.85 bits per heavy atom. The maximum Gasteiger partial charge on any atom is 0.257 e. The summed E-state index contributed by atoms with van der Waals surface area (Å²) in [6, 6.07) is 1.70. The van der Waals surface area contributed by atoms with Crippen molar-refractivity contribution in [3.05, 3.63) is 34.4 Å². The molecule has 1 aromatic carbocycles. The second-order valence-electron chi connectivity index (χ2n) is 4.57. The van der Waals surface area contributed by atoms with Gasteiger partial charge in [-0.2, -0.15) is 0 Å². The first kappa shape index (κ1) is 15.7. The predicted molar refractivity (Wildman–Crippen MR) is 77.5 cm³/mol. The Kier molecular flexibility index (Phi) is 5.35. The summed E-state index contributed by atoms with van der Waals surface area (Å²) in [5, 5.41) is 0.555. The van der Waals surface area contributed by atoms with Crippen LogP contribution < -0.4 is 0 Å². The Hall–Kier alpha value is -0.720. The van der Waals surface area contributed by atoms with E-state index in [4.69, 9.17) is 11.6 Å². The van der Waals surface area contributed by atoms with E-state index in [0.29, 0.717) is 13.1 Å². The Balaban J connectivity index is 2.07. The van der Waals surface area contributed by atoms with Gasteiger partial charge in [-0.15, -0.1) is 0 Å². The molecule has 0 N–H and O–H groups in total. The minimum Gasteiger partial charge on any atom is -0.336 e. The lowest BCUT2D eigenvalue weighted by Crippen LogP contribution is -2.49. The van der Waals surface area contributed by atoms with E-state index in [9.17, 15) is 13.6 Å². The van der Waals surface area contributed by atoms with E-state index in [1.165, 1.54) is 4.90 Å². The summed E-state index contributed by atoms with van der Waals surface area (Å²) in [4.78, 5) is 15.9. The molecule has 1 amide bonds. The second kappa shape index (κ2) is 6.83. The first-order valence-electron chi connectivity index (χ1n) is 6.25. The van der Waals surface area contributed by atoms with Crippen LogP contribution in [0.2, 0.25) is 5.02 Å². The van der Waals surface area contributed by atoms with Gasteiger partial charge in [0.25, 0.3) is 5.91 Å². The molecule has 7 heteroatoms. The maximum absolute atomic E-state index is 13.7. The molecule has 110 valence electrons. The molecule has 0 atom stereocenters. The van der Waals surface area contributed by atoms with Gasteiger partial charge in [0.05, 0.1) is 10.6 Å². The van der Waals surface area contributed by atoms with Gasteiger partial charge in [-0.3, -0.25) is 9.69 Å². The lowest BCUT2D eigenvalue weighted by Gasteiger charge is -2.34. The van der Waals surface area contributed by atoms with Crippen molar-refractivity contribution in [3.63, 3.8) is 0 Å². The number of hydrogen-bond donors (Lipinski definition) is 0. The Morgan fingerprint density at radius 3 is 2.45 bits per heavy atom. The van der Waals surface area contributed by atoms with Crippen molar-refractivity contribution < 1.29 is 13.6 Å². The molecule has 0 saturated carbocycles. The van der Waals surface area contributed by atoms with E-state index in [1.807, 2.05) is 0 Å². The van der Waals surface area contributed by atoms with Crippen molar-refractivity contribution in [2.75, 3.05) is 38.1 Å². The van der Waals surface area contributed by atoms with Crippen molar-refractivity contribution in [2.24, 2.45) is 0 Å². The van der Waals surface area contributed by atoms with E-state index in [-0.39, 0.29) is 10.6 Å². The third-order valence-corrected chi connectivity index (χ3v) is 3.94. The van der Waals surface area contributed by atoms with Crippen molar-refractivity contribution in [1.29, 1.82) is 0 Å². The number of carbonyl (C=O) groups is 1. The van der Waals surface area contributed by atoms with Gasteiger partial charge in [0, 0.05) is 38.1 Å². The molecule has 2 rings (SSSR count). The van der Waals surface area contributed by atoms with Crippen LogP contribution in [-0.4, -0.2) is 53.8 Å². The fraction of sp³-hybridized carbons (Fsp3) is 0.462. The summed E-state index contributed by atoms with van der Waals surface area (Å²) in [7, 11) is 0. The monoisotopic (exact) mass is 366 g/mol. The zero-order valence-corrected chi connectivity index (χ0v) is 13.1. The minimum absolute atomic E-state index is 0.263. The standard InChI is InChI=1S/C13H14BrClF2N2O/c14-1-2-18-3-5-19(6-4-18)13(20)9-7-12(17)10(15)8-11(9)16/h7-8H,1-6H2. The van der Waals surface area contributed by atoms with Gasteiger partial charge in [-0.05, 0) is 12.1 Å². The SMILES string of the molecule is O=C(c1cc(F)c(Cl)cc1F)N1CCN(CCBr)CC1. The number of alkyl halides is 1. The van der Waals surface area contributed by atoms with Gasteiger partial charge in [-0.25, -0.2) is 8.78 Å². The molecule has 20 heavy (non-hydrogen) atoms. The third-order valence-electron chi connectivity index (χ3n) is 3.30. The normalized spacial score (nSPS) is 16.5. The van der Waals surface area contributed by atoms with E-state index in [0.717, 1.165) is 37.1 Å². The smallest absolute Gasteiger partial charge is 0.257 e. The fourth-order valence-electron chi connectivity index (χ4n) is 2.15. The van der Waals surface area contributed by atoms with Crippen LogP contribution in [0, 0.1) is 11.6 Å². The zero-order chi connectivity index (χ0) is 14.7. The van der Waals surface area contributed by atoms with Gasteiger partial charge >= 0.3 is 0 Å². The number of hydrogen-bond acceptors (Lipinski definition) is 2. The summed E-state index contributed by atoms with van der Waals surface area (Å²) in [5.41, 5.74) is -0.263. The van der Waals surface area contributed by atoms with Crippen molar-refractivity contribution in [3.8, 4) is 0 Å². The van der Waals surface area contributed by atoms with Crippen LogP contribution in [0.25, 0.3) is 0 Å². The Bertz CT molecular complexity index is 507. The third kappa shape index (κ3) is 3.48. The molecule has 0 spiro atoms. The fourth-order valence-corrected chi connectivity index (χ4v) is 2.80. The molecule has 3 nitrogen and oxygen atoms in total. The molecule has 1 aliphatic rings. The summed E-state index contributed by atoms with van der Waals surface area (Å²) in [6.07, 6.45) is 0. The number of halogens is 4. The van der Waals surface area contributed by atoms with Crippen LogP contribution in [0.15, 0.2) is 12.1 Å². The molecule has 0 unspecified atom stereocenters. The van der Waals surface area contributed by atoms with Gasteiger partial charge in [0.1, 0.15) is 11.6 Å². The first-order valence-corrected chi connectivity index (χ1v) is 7.75. The minimum atomic E-state index is -0.788. The molecular weight excluding hydrogens is 354 g/mol. The Labute approximate surface area is 129 Å². The number of nitrogens with zero attached hydrogens (tertiary/aromatic N) is 2. The van der Waals surface area contributed by atoms with E-state index >= 15 is 0 Å². The van der Waals surface area contributed by atoms with Crippen LogP contribution >= 0.6 is 27.5 Å². The second-order valence-corrected chi connectivity index (χ2v) is 5.77. The molecule has 1 aliphatic heterocycles. The van der Waals surface area contributed by atoms with E-state index in [2.05, 4.69) is 20.8 Å². The summed E-state index contributed by atoms with van der Waals surface area (Å²) in [5.74, 6) is -2.06. The van der Waals surface area contributed by atoms with Crippen LogP contribution in [0.1, 0.15) is 10.4 Å². The number of benzene rings is 1. The molecule has 0 aliphatic carbocycles. The molecular formula is C13H14BrClF2N2O. The molecule has 0 bridgehead atoms. The maximum atomic E-state index is 13.7. The Morgan fingerprint density at radius 1 is 1.20 bits per heavy atom. The summed E-state index contributed by atoms with van der Waals surface area (Å²) >= 11 is 8.84. The highest BCUT2D eigenvalue weighted by Gasteiger charge is 2.24. The van der Waals surface area contributed by atoms with Crippen molar-refractivity contribution in [2.45, 2.75) is 0 Å². The summed E-state index contributed by atoms with van der Waals surface area (Å²) < 4.78 is 27.1. The average Bonchev–Trinajstić information content (AvgIpc) is 2.43. The zero-order valence-electron chi connectivity index (χ0n) is 10.7. The molecule has 1 heterocycles. The van der Waals surface area contributed by atoms with E-state index < -0.39 is 17.5 Å². The number of rotatable bonds is 3. The summed E-state index contributed by atoms with van der Waals surface area (Å²) in [6.45, 7) is 3.39. The molecule has 1 saturated heterocycles. The average molecular weight is 368 g/mol. The highest BCUT2D eigenvalue weighted by molar-refractivity contribution is 9.09.